The molecule has 0 radical (unpaired) electrons. The predicted octanol–water partition coefficient (Wildman–Crippen LogP) is 12.6. The summed E-state index contributed by atoms with van der Waals surface area (Å²) in [5, 5.41) is 12.1. The van der Waals surface area contributed by atoms with Crippen LogP contribution < -0.4 is 5.32 Å². The number of H-pyrrole nitrogens is 2. The number of aryl methyl sites for hydroxylation is 1. The minimum Gasteiger partial charge on any atom is -0.388 e. The number of aromatic amines is 2. The molecular formula is C42H58N4. The van der Waals surface area contributed by atoms with Crippen LogP contribution in [0.1, 0.15) is 134 Å². The maximum absolute atomic E-state index is 8.89. The lowest BCUT2D eigenvalue weighted by molar-refractivity contribution is 0.473. The number of allylic oxidation sites excluding steroid dienone is 2. The number of nitrogens with zero attached hydrogens (tertiary/aromatic N) is 1. The van der Waals surface area contributed by atoms with Gasteiger partial charge in [-0.2, -0.15) is 5.26 Å². The maximum atomic E-state index is 8.89. The van der Waals surface area contributed by atoms with Crippen molar-refractivity contribution >= 4 is 11.3 Å². The molecule has 4 aromatic rings. The lowest BCUT2D eigenvalue weighted by atomic mass is 9.83. The zero-order valence-corrected chi connectivity index (χ0v) is 30.2. The van der Waals surface area contributed by atoms with Gasteiger partial charge in [-0.05, 0) is 116 Å². The van der Waals surface area contributed by atoms with E-state index in [0.717, 1.165) is 35.7 Å². The van der Waals surface area contributed by atoms with Gasteiger partial charge in [-0.1, -0.05) is 91.1 Å². The van der Waals surface area contributed by atoms with Crippen molar-refractivity contribution in [3.8, 4) is 28.6 Å². The highest BCUT2D eigenvalue weighted by molar-refractivity contribution is 5.76. The molecule has 0 saturated carbocycles. The predicted molar refractivity (Wildman–Crippen MR) is 200 cm³/mol. The van der Waals surface area contributed by atoms with E-state index < -0.39 is 0 Å². The third-order valence-electron chi connectivity index (χ3n) is 9.25. The quantitative estimate of drug-likeness (QED) is 0.165. The zero-order valence-electron chi connectivity index (χ0n) is 30.2. The van der Waals surface area contributed by atoms with Gasteiger partial charge in [0.2, 0.25) is 0 Å². The van der Waals surface area contributed by atoms with Crippen molar-refractivity contribution in [2.24, 2.45) is 5.92 Å². The normalized spacial score (nSPS) is 14.4. The molecule has 2 heterocycles. The molecule has 5 rings (SSSR count). The Morgan fingerprint density at radius 3 is 2.11 bits per heavy atom. The Balaban J connectivity index is 0.000000238. The van der Waals surface area contributed by atoms with Crippen LogP contribution in [0.2, 0.25) is 0 Å². The van der Waals surface area contributed by atoms with Crippen LogP contribution in [-0.4, -0.2) is 17.0 Å². The average Bonchev–Trinajstić information content (AvgIpc) is 3.71. The Hall–Kier alpha value is -3.97. The summed E-state index contributed by atoms with van der Waals surface area (Å²) in [4.78, 5) is 7.32. The Labute approximate surface area is 279 Å². The van der Waals surface area contributed by atoms with E-state index in [1.165, 1.54) is 65.0 Å². The lowest BCUT2D eigenvalue weighted by Gasteiger charge is -2.23. The van der Waals surface area contributed by atoms with E-state index in [0.29, 0.717) is 17.4 Å². The zero-order chi connectivity index (χ0) is 33.8. The van der Waals surface area contributed by atoms with Crippen LogP contribution in [0.3, 0.4) is 0 Å². The second-order valence-electron chi connectivity index (χ2n) is 13.0. The van der Waals surface area contributed by atoms with E-state index in [1.54, 1.807) is 5.57 Å². The molecule has 246 valence electrons. The fraction of sp³-hybridized carbons (Fsp3) is 0.452. The smallest absolute Gasteiger partial charge is 0.0991 e. The monoisotopic (exact) mass is 618 g/mol. The molecule has 0 fully saturated rings. The fourth-order valence-electron chi connectivity index (χ4n) is 6.52. The van der Waals surface area contributed by atoms with E-state index in [2.05, 4.69) is 106 Å². The van der Waals surface area contributed by atoms with E-state index in [9.17, 15) is 0 Å². The lowest BCUT2D eigenvalue weighted by Crippen LogP contribution is -2.06. The molecule has 2 atom stereocenters. The highest BCUT2D eigenvalue weighted by Gasteiger charge is 2.23. The molecule has 0 saturated heterocycles. The van der Waals surface area contributed by atoms with Crippen LogP contribution in [-0.2, 0) is 0 Å². The first-order chi connectivity index (χ1) is 22.2. The highest BCUT2D eigenvalue weighted by atomic mass is 14.8. The second-order valence-corrected chi connectivity index (χ2v) is 13.0. The largest absolute Gasteiger partial charge is 0.388 e. The molecule has 1 aliphatic carbocycles. The molecule has 1 aliphatic rings. The average molecular weight is 619 g/mol. The van der Waals surface area contributed by atoms with Gasteiger partial charge in [0.25, 0.3) is 0 Å². The standard InChI is InChI=1S/C21H32N2.C19H20N2.C2H6/c1-6-7-17(9-8-15(2)3)20-14-16(4)21(23-20)18-10-12-19(22-5)13-11-18;1-4-15-9-12(2)19-17(13(15)3)10-18(21-19)16-7-5-14(11-20)6-8-16;1-2/h10-15,17,22-23H,6-9H2,1-5H3;5-8,10,12,21H,4,9H2,1-3H3;1-2H3. The molecule has 0 spiro atoms. The van der Waals surface area contributed by atoms with Gasteiger partial charge in [0.15, 0.2) is 0 Å². The minimum absolute atomic E-state index is 0.547. The highest BCUT2D eigenvalue weighted by Crippen LogP contribution is 2.41. The number of nitrogens with one attached hydrogen (secondary N) is 3. The van der Waals surface area contributed by atoms with Crippen molar-refractivity contribution in [3.63, 3.8) is 0 Å². The third kappa shape index (κ3) is 9.06. The van der Waals surface area contributed by atoms with Crippen LogP contribution in [0, 0.1) is 24.2 Å². The Kier molecular flexibility index (Phi) is 14.0. The summed E-state index contributed by atoms with van der Waals surface area (Å²) >= 11 is 0. The topological polar surface area (TPSA) is 67.4 Å². The molecule has 2 aromatic heterocycles. The van der Waals surface area contributed by atoms with Crippen molar-refractivity contribution in [1.29, 1.82) is 5.26 Å². The van der Waals surface area contributed by atoms with Crippen LogP contribution >= 0.6 is 0 Å². The molecule has 3 N–H and O–H groups in total. The molecule has 4 heteroatoms. The van der Waals surface area contributed by atoms with Crippen molar-refractivity contribution in [2.75, 3.05) is 12.4 Å². The van der Waals surface area contributed by atoms with Gasteiger partial charge < -0.3 is 15.3 Å². The number of aromatic nitrogens is 2. The molecule has 46 heavy (non-hydrogen) atoms. The van der Waals surface area contributed by atoms with Crippen LogP contribution in [0.15, 0.2) is 66.2 Å². The summed E-state index contributed by atoms with van der Waals surface area (Å²) in [7, 11) is 1.96. The van der Waals surface area contributed by atoms with Gasteiger partial charge in [0, 0.05) is 41.4 Å². The van der Waals surface area contributed by atoms with Crippen molar-refractivity contribution in [3.05, 3.63) is 94.3 Å². The second kappa shape index (κ2) is 17.7. The van der Waals surface area contributed by atoms with Gasteiger partial charge in [-0.25, -0.2) is 0 Å². The molecule has 0 amide bonds. The maximum Gasteiger partial charge on any atom is 0.0991 e. The molecule has 2 unspecified atom stereocenters. The molecule has 2 aromatic carbocycles. The van der Waals surface area contributed by atoms with Crippen LogP contribution in [0.5, 0.6) is 0 Å². The number of anilines is 1. The first-order valence-corrected chi connectivity index (χ1v) is 17.6. The first-order valence-electron chi connectivity index (χ1n) is 17.6. The number of nitriles is 1. The van der Waals surface area contributed by atoms with Crippen molar-refractivity contribution in [1.82, 2.24) is 9.97 Å². The first kappa shape index (κ1) is 36.5. The third-order valence-corrected chi connectivity index (χ3v) is 9.25. The van der Waals surface area contributed by atoms with Gasteiger partial charge in [0.05, 0.1) is 11.6 Å². The number of rotatable bonds is 10. The summed E-state index contributed by atoms with van der Waals surface area (Å²) in [6, 6.07) is 23.2. The molecule has 0 bridgehead atoms. The minimum atomic E-state index is 0.547. The Bertz CT molecular complexity index is 1570. The van der Waals surface area contributed by atoms with E-state index >= 15 is 0 Å². The summed E-state index contributed by atoms with van der Waals surface area (Å²) in [5.41, 5.74) is 15.2. The fourth-order valence-corrected chi connectivity index (χ4v) is 6.52. The number of benzene rings is 2. The van der Waals surface area contributed by atoms with Crippen LogP contribution in [0.25, 0.3) is 28.1 Å². The Morgan fingerprint density at radius 2 is 1.54 bits per heavy atom. The summed E-state index contributed by atoms with van der Waals surface area (Å²) in [6.45, 7) is 19.9. The molecule has 4 nitrogen and oxygen atoms in total. The van der Waals surface area contributed by atoms with E-state index in [4.69, 9.17) is 5.26 Å². The summed E-state index contributed by atoms with van der Waals surface area (Å²) < 4.78 is 0. The van der Waals surface area contributed by atoms with E-state index in [-0.39, 0.29) is 0 Å². The summed E-state index contributed by atoms with van der Waals surface area (Å²) in [5.74, 6) is 1.98. The Morgan fingerprint density at radius 1 is 0.891 bits per heavy atom. The number of fused-ring (bicyclic) bond motifs is 1. The number of hydrogen-bond acceptors (Lipinski definition) is 2. The molecule has 0 aliphatic heterocycles. The van der Waals surface area contributed by atoms with Gasteiger partial charge in [-0.3, -0.25) is 0 Å². The number of hydrogen-bond donors (Lipinski definition) is 3. The SMILES string of the molecule is CC.CCC1=C(C)c2cc(-c3ccc(C#N)cc3)[nH]c2C(C)C1.CCCC(CCC(C)C)c1cc(C)c(-c2ccc(NC)cc2)[nH]1. The van der Waals surface area contributed by atoms with Crippen LogP contribution in [0.4, 0.5) is 5.69 Å². The van der Waals surface area contributed by atoms with Crippen molar-refractivity contribution < 1.29 is 0 Å². The summed E-state index contributed by atoms with van der Waals surface area (Å²) in [6.07, 6.45) is 7.38. The van der Waals surface area contributed by atoms with Gasteiger partial charge in [-0.15, -0.1) is 0 Å². The van der Waals surface area contributed by atoms with Crippen molar-refractivity contribution in [2.45, 2.75) is 113 Å². The van der Waals surface area contributed by atoms with Gasteiger partial charge in [0.1, 0.15) is 0 Å². The molecular weight excluding hydrogens is 560 g/mol. The van der Waals surface area contributed by atoms with E-state index in [1.807, 2.05) is 45.2 Å². The van der Waals surface area contributed by atoms with Gasteiger partial charge >= 0.3 is 0 Å².